The molecule has 0 fully saturated rings. The Morgan fingerprint density at radius 3 is 2.06 bits per heavy atom. The van der Waals surface area contributed by atoms with Crippen molar-refractivity contribution in [1.29, 1.82) is 0 Å². The van der Waals surface area contributed by atoms with Crippen LogP contribution in [0.2, 0.25) is 0 Å². The molecule has 0 saturated carbocycles. The SMILES string of the molecule is COC(=O)C(C)(OC)c1ccc(OC)cc1. The monoisotopic (exact) mass is 224 g/mol. The number of ether oxygens (including phenoxy) is 3. The first kappa shape index (κ1) is 12.5. The standard InChI is InChI=1S/C12H16O4/c1-12(16-4,11(13)15-3)9-5-7-10(14-2)8-6-9/h5-8H,1-4H3. The highest BCUT2D eigenvalue weighted by molar-refractivity contribution is 5.80. The summed E-state index contributed by atoms with van der Waals surface area (Å²) in [6, 6.07) is 7.10. The molecule has 0 radical (unpaired) electrons. The molecule has 16 heavy (non-hydrogen) atoms. The van der Waals surface area contributed by atoms with Gasteiger partial charge in [-0.2, -0.15) is 0 Å². The van der Waals surface area contributed by atoms with Crippen molar-refractivity contribution in [1.82, 2.24) is 0 Å². The average molecular weight is 224 g/mol. The number of rotatable bonds is 4. The van der Waals surface area contributed by atoms with Crippen molar-refractivity contribution < 1.29 is 19.0 Å². The number of hydrogen-bond donors (Lipinski definition) is 0. The van der Waals surface area contributed by atoms with Crippen LogP contribution in [0.5, 0.6) is 5.75 Å². The molecule has 1 atom stereocenters. The van der Waals surface area contributed by atoms with Gasteiger partial charge in [-0.05, 0) is 24.6 Å². The van der Waals surface area contributed by atoms with Crippen LogP contribution in [0.1, 0.15) is 12.5 Å². The minimum atomic E-state index is -1.08. The Balaban J connectivity index is 3.07. The molecule has 0 aliphatic carbocycles. The zero-order valence-electron chi connectivity index (χ0n) is 9.94. The summed E-state index contributed by atoms with van der Waals surface area (Å²) in [4.78, 5) is 11.6. The molecule has 0 aromatic heterocycles. The molecule has 0 aliphatic heterocycles. The Morgan fingerprint density at radius 1 is 1.12 bits per heavy atom. The largest absolute Gasteiger partial charge is 0.497 e. The average Bonchev–Trinajstić information content (AvgIpc) is 2.36. The molecule has 0 spiro atoms. The second-order valence-electron chi connectivity index (χ2n) is 3.46. The van der Waals surface area contributed by atoms with Gasteiger partial charge < -0.3 is 14.2 Å². The summed E-state index contributed by atoms with van der Waals surface area (Å²) in [5, 5.41) is 0. The van der Waals surface area contributed by atoms with E-state index in [0.717, 1.165) is 11.3 Å². The van der Waals surface area contributed by atoms with E-state index in [2.05, 4.69) is 0 Å². The van der Waals surface area contributed by atoms with Crippen LogP contribution in [0.3, 0.4) is 0 Å². The van der Waals surface area contributed by atoms with Gasteiger partial charge in [-0.15, -0.1) is 0 Å². The predicted octanol–water partition coefficient (Wildman–Crippen LogP) is 1.73. The second-order valence-corrected chi connectivity index (χ2v) is 3.46. The number of carbonyl (C=O) groups is 1. The van der Waals surface area contributed by atoms with Gasteiger partial charge in [-0.3, -0.25) is 0 Å². The second kappa shape index (κ2) is 4.99. The minimum absolute atomic E-state index is 0.430. The third kappa shape index (κ3) is 2.17. The molecule has 0 heterocycles. The van der Waals surface area contributed by atoms with Crippen LogP contribution in [0.4, 0.5) is 0 Å². The Morgan fingerprint density at radius 2 is 1.69 bits per heavy atom. The van der Waals surface area contributed by atoms with Crippen molar-refractivity contribution in [3.05, 3.63) is 29.8 Å². The first-order valence-corrected chi connectivity index (χ1v) is 4.86. The molecule has 4 nitrogen and oxygen atoms in total. The summed E-state index contributed by atoms with van der Waals surface area (Å²) in [7, 11) is 4.40. The van der Waals surface area contributed by atoms with Gasteiger partial charge in [0.2, 0.25) is 0 Å². The van der Waals surface area contributed by atoms with E-state index >= 15 is 0 Å². The third-order valence-corrected chi connectivity index (χ3v) is 2.62. The van der Waals surface area contributed by atoms with Crippen LogP contribution in [0.15, 0.2) is 24.3 Å². The van der Waals surface area contributed by atoms with Crippen molar-refractivity contribution in [2.45, 2.75) is 12.5 Å². The predicted molar refractivity (Wildman–Crippen MR) is 59.4 cm³/mol. The molecular formula is C12H16O4. The first-order chi connectivity index (χ1) is 7.58. The van der Waals surface area contributed by atoms with Gasteiger partial charge in [-0.1, -0.05) is 12.1 Å². The molecule has 1 aromatic carbocycles. The molecule has 88 valence electrons. The lowest BCUT2D eigenvalue weighted by Crippen LogP contribution is -2.35. The van der Waals surface area contributed by atoms with Crippen molar-refractivity contribution in [2.75, 3.05) is 21.3 Å². The molecular weight excluding hydrogens is 208 g/mol. The minimum Gasteiger partial charge on any atom is -0.497 e. The van der Waals surface area contributed by atoms with Crippen LogP contribution in [-0.2, 0) is 19.9 Å². The number of esters is 1. The number of hydrogen-bond acceptors (Lipinski definition) is 4. The lowest BCUT2D eigenvalue weighted by atomic mass is 9.96. The molecule has 1 rings (SSSR count). The van der Waals surface area contributed by atoms with Crippen molar-refractivity contribution in [2.24, 2.45) is 0 Å². The van der Waals surface area contributed by atoms with E-state index < -0.39 is 11.6 Å². The number of methoxy groups -OCH3 is 3. The normalized spacial score (nSPS) is 14.0. The Labute approximate surface area is 95.1 Å². The maximum Gasteiger partial charge on any atom is 0.342 e. The molecule has 0 aliphatic rings. The highest BCUT2D eigenvalue weighted by Crippen LogP contribution is 2.27. The first-order valence-electron chi connectivity index (χ1n) is 4.86. The van der Waals surface area contributed by atoms with Gasteiger partial charge in [0, 0.05) is 7.11 Å². The lowest BCUT2D eigenvalue weighted by molar-refractivity contribution is -0.165. The summed E-state index contributed by atoms with van der Waals surface area (Å²) >= 11 is 0. The Kier molecular flexibility index (Phi) is 3.90. The van der Waals surface area contributed by atoms with E-state index in [1.54, 1.807) is 38.3 Å². The topological polar surface area (TPSA) is 44.8 Å². The van der Waals surface area contributed by atoms with E-state index in [-0.39, 0.29) is 0 Å². The fraction of sp³-hybridized carbons (Fsp3) is 0.417. The maximum atomic E-state index is 11.6. The van der Waals surface area contributed by atoms with E-state index in [9.17, 15) is 4.79 Å². The number of benzene rings is 1. The summed E-state index contributed by atoms with van der Waals surface area (Å²) in [6.07, 6.45) is 0. The van der Waals surface area contributed by atoms with Gasteiger partial charge in [0.1, 0.15) is 5.75 Å². The highest BCUT2D eigenvalue weighted by atomic mass is 16.6. The van der Waals surface area contributed by atoms with Gasteiger partial charge in [0.25, 0.3) is 0 Å². The zero-order valence-corrected chi connectivity index (χ0v) is 9.94. The fourth-order valence-electron chi connectivity index (χ4n) is 1.42. The van der Waals surface area contributed by atoms with Crippen LogP contribution in [-0.4, -0.2) is 27.3 Å². The molecule has 0 N–H and O–H groups in total. The van der Waals surface area contributed by atoms with Crippen molar-refractivity contribution >= 4 is 5.97 Å². The quantitative estimate of drug-likeness (QED) is 0.731. The van der Waals surface area contributed by atoms with Crippen molar-refractivity contribution in [3.8, 4) is 5.75 Å². The smallest absolute Gasteiger partial charge is 0.342 e. The highest BCUT2D eigenvalue weighted by Gasteiger charge is 2.36. The van der Waals surface area contributed by atoms with E-state index in [1.807, 2.05) is 0 Å². The summed E-state index contributed by atoms with van der Waals surface area (Å²) in [5.74, 6) is 0.298. The lowest BCUT2D eigenvalue weighted by Gasteiger charge is -2.25. The van der Waals surface area contributed by atoms with Crippen molar-refractivity contribution in [3.63, 3.8) is 0 Å². The number of carbonyl (C=O) groups excluding carboxylic acids is 1. The van der Waals surface area contributed by atoms with Gasteiger partial charge in [-0.25, -0.2) is 4.79 Å². The van der Waals surface area contributed by atoms with Gasteiger partial charge >= 0.3 is 5.97 Å². The molecule has 1 unspecified atom stereocenters. The van der Waals surface area contributed by atoms with Crippen LogP contribution >= 0.6 is 0 Å². The fourth-order valence-corrected chi connectivity index (χ4v) is 1.42. The van der Waals surface area contributed by atoms with E-state index in [1.165, 1.54) is 14.2 Å². The molecule has 4 heteroatoms. The summed E-state index contributed by atoms with van der Waals surface area (Å²) in [5.41, 5.74) is -0.358. The molecule has 0 saturated heterocycles. The molecule has 0 amide bonds. The Hall–Kier alpha value is -1.55. The molecule has 0 bridgehead atoms. The summed E-state index contributed by atoms with van der Waals surface area (Å²) in [6.45, 7) is 1.67. The Bertz CT molecular complexity index is 358. The van der Waals surface area contributed by atoms with E-state index in [0.29, 0.717) is 0 Å². The third-order valence-electron chi connectivity index (χ3n) is 2.62. The maximum absolute atomic E-state index is 11.6. The van der Waals surface area contributed by atoms with Gasteiger partial charge in [0.05, 0.1) is 14.2 Å². The van der Waals surface area contributed by atoms with Crippen LogP contribution in [0, 0.1) is 0 Å². The molecule has 1 aromatic rings. The zero-order chi connectivity index (χ0) is 12.2. The van der Waals surface area contributed by atoms with Gasteiger partial charge in [0.15, 0.2) is 5.60 Å². The van der Waals surface area contributed by atoms with Crippen LogP contribution < -0.4 is 4.74 Å². The van der Waals surface area contributed by atoms with Crippen LogP contribution in [0.25, 0.3) is 0 Å². The van der Waals surface area contributed by atoms with E-state index in [4.69, 9.17) is 14.2 Å². The summed E-state index contributed by atoms with van der Waals surface area (Å²) < 4.78 is 15.0.